The number of nitrogens with zero attached hydrogens (tertiary/aromatic N) is 1. The van der Waals surface area contributed by atoms with Crippen LogP contribution in [0.4, 0.5) is 10.7 Å². The number of esters is 1. The van der Waals surface area contributed by atoms with Crippen LogP contribution in [-0.2, 0) is 9.53 Å². The highest BCUT2D eigenvalue weighted by atomic mass is 32.1. The number of ether oxygens (including phenoxy) is 3. The van der Waals surface area contributed by atoms with Crippen molar-refractivity contribution in [3.63, 3.8) is 0 Å². The van der Waals surface area contributed by atoms with Gasteiger partial charge < -0.3 is 19.5 Å². The highest BCUT2D eigenvalue weighted by molar-refractivity contribution is 7.17. The molecule has 0 fully saturated rings. The van der Waals surface area contributed by atoms with Gasteiger partial charge in [0.1, 0.15) is 10.6 Å². The Morgan fingerprint density at radius 3 is 2.37 bits per heavy atom. The van der Waals surface area contributed by atoms with Crippen molar-refractivity contribution < 1.29 is 28.7 Å². The quantitative estimate of drug-likeness (QED) is 0.180. The summed E-state index contributed by atoms with van der Waals surface area (Å²) in [5.74, 6) is 0.0634. The van der Waals surface area contributed by atoms with Gasteiger partial charge in [-0.25, -0.2) is 4.79 Å². The van der Waals surface area contributed by atoms with Crippen molar-refractivity contribution >= 4 is 40.0 Å². The van der Waals surface area contributed by atoms with Gasteiger partial charge in [0, 0.05) is 28.6 Å². The van der Waals surface area contributed by atoms with Crippen LogP contribution in [0, 0.1) is 17.0 Å². The third-order valence-electron chi connectivity index (χ3n) is 5.00. The van der Waals surface area contributed by atoms with E-state index in [1.807, 2.05) is 0 Å². The minimum Gasteiger partial charge on any atom is -0.493 e. The Kier molecular flexibility index (Phi) is 8.21. The molecular formula is C25H24N2O7S. The molecule has 1 aromatic heterocycles. The summed E-state index contributed by atoms with van der Waals surface area (Å²) in [6.45, 7) is 3.64. The lowest BCUT2D eigenvalue weighted by Gasteiger charge is -2.09. The SMILES string of the molecule is CCOC(=O)c1c(NC(=O)C=Cc2ccc(OC)c(OC)c2)sc(C)c1-c1ccc([N+](=O)[O-])cc1. The summed E-state index contributed by atoms with van der Waals surface area (Å²) in [4.78, 5) is 36.8. The predicted molar refractivity (Wildman–Crippen MR) is 134 cm³/mol. The van der Waals surface area contributed by atoms with Crippen molar-refractivity contribution in [2.24, 2.45) is 0 Å². The second kappa shape index (κ2) is 11.3. The first-order valence-corrected chi connectivity index (χ1v) is 11.4. The molecule has 2 aromatic carbocycles. The average molecular weight is 497 g/mol. The van der Waals surface area contributed by atoms with Gasteiger partial charge in [0.15, 0.2) is 11.5 Å². The zero-order valence-electron chi connectivity index (χ0n) is 19.6. The first kappa shape index (κ1) is 25.4. The lowest BCUT2D eigenvalue weighted by molar-refractivity contribution is -0.384. The van der Waals surface area contributed by atoms with Crippen molar-refractivity contribution in [2.75, 3.05) is 26.1 Å². The number of aryl methyl sites for hydroxylation is 1. The maximum atomic E-state index is 12.8. The van der Waals surface area contributed by atoms with Gasteiger partial charge in [-0.05, 0) is 55.3 Å². The molecule has 0 radical (unpaired) electrons. The van der Waals surface area contributed by atoms with E-state index in [1.54, 1.807) is 50.3 Å². The van der Waals surface area contributed by atoms with Crippen LogP contribution in [0.2, 0.25) is 0 Å². The van der Waals surface area contributed by atoms with Crippen LogP contribution in [-0.4, -0.2) is 37.6 Å². The third kappa shape index (κ3) is 5.85. The smallest absolute Gasteiger partial charge is 0.341 e. The van der Waals surface area contributed by atoms with Crippen LogP contribution in [0.15, 0.2) is 48.5 Å². The topological polar surface area (TPSA) is 117 Å². The van der Waals surface area contributed by atoms with E-state index >= 15 is 0 Å². The Morgan fingerprint density at radius 1 is 1.09 bits per heavy atom. The van der Waals surface area contributed by atoms with Gasteiger partial charge in [0.2, 0.25) is 5.91 Å². The van der Waals surface area contributed by atoms with Gasteiger partial charge in [0.05, 0.1) is 25.7 Å². The molecule has 10 heteroatoms. The Hall–Kier alpha value is -4.18. The Morgan fingerprint density at radius 2 is 1.77 bits per heavy atom. The number of anilines is 1. The summed E-state index contributed by atoms with van der Waals surface area (Å²) < 4.78 is 15.7. The molecule has 1 amide bonds. The van der Waals surface area contributed by atoms with Crippen molar-refractivity contribution in [1.82, 2.24) is 0 Å². The van der Waals surface area contributed by atoms with Crippen molar-refractivity contribution in [3.8, 4) is 22.6 Å². The second-order valence-electron chi connectivity index (χ2n) is 7.20. The van der Waals surface area contributed by atoms with E-state index in [0.717, 1.165) is 10.4 Å². The number of carbonyl (C=O) groups is 2. The van der Waals surface area contributed by atoms with E-state index in [9.17, 15) is 19.7 Å². The molecule has 3 aromatic rings. The van der Waals surface area contributed by atoms with Gasteiger partial charge in [-0.1, -0.05) is 6.07 Å². The number of amides is 1. The Labute approximate surface area is 206 Å². The fourth-order valence-corrected chi connectivity index (χ4v) is 4.48. The number of non-ortho nitro benzene ring substituents is 1. The zero-order valence-corrected chi connectivity index (χ0v) is 20.4. The molecule has 0 aliphatic rings. The van der Waals surface area contributed by atoms with Crippen LogP contribution < -0.4 is 14.8 Å². The first-order valence-electron chi connectivity index (χ1n) is 10.5. The molecule has 9 nitrogen and oxygen atoms in total. The van der Waals surface area contributed by atoms with E-state index in [4.69, 9.17) is 14.2 Å². The van der Waals surface area contributed by atoms with Crippen molar-refractivity contribution in [2.45, 2.75) is 13.8 Å². The molecule has 0 aliphatic carbocycles. The number of nitro groups is 1. The van der Waals surface area contributed by atoms with Crippen molar-refractivity contribution in [1.29, 1.82) is 0 Å². The molecule has 3 rings (SSSR count). The number of thiophene rings is 1. The molecule has 0 unspecified atom stereocenters. The van der Waals surface area contributed by atoms with E-state index in [0.29, 0.717) is 27.6 Å². The van der Waals surface area contributed by atoms with Crippen LogP contribution in [0.5, 0.6) is 11.5 Å². The molecule has 0 spiro atoms. The number of hydrogen-bond acceptors (Lipinski definition) is 8. The van der Waals surface area contributed by atoms with Crippen molar-refractivity contribution in [3.05, 3.63) is 74.7 Å². The average Bonchev–Trinajstić information content (AvgIpc) is 3.17. The van der Waals surface area contributed by atoms with Gasteiger partial charge in [-0.2, -0.15) is 0 Å². The van der Waals surface area contributed by atoms with Gasteiger partial charge >= 0.3 is 5.97 Å². The molecule has 1 N–H and O–H groups in total. The van der Waals surface area contributed by atoms with E-state index in [2.05, 4.69) is 5.32 Å². The van der Waals surface area contributed by atoms with Crippen LogP contribution >= 0.6 is 11.3 Å². The minimum absolute atomic E-state index is 0.0619. The van der Waals surface area contributed by atoms with Gasteiger partial charge in [-0.15, -0.1) is 11.3 Å². The number of nitrogens with one attached hydrogen (secondary N) is 1. The number of carbonyl (C=O) groups excluding carboxylic acids is 2. The molecule has 0 bridgehead atoms. The summed E-state index contributed by atoms with van der Waals surface area (Å²) in [6.07, 6.45) is 2.95. The number of methoxy groups -OCH3 is 2. The Bertz CT molecular complexity index is 1280. The highest BCUT2D eigenvalue weighted by Gasteiger charge is 2.25. The fraction of sp³-hybridized carbons (Fsp3) is 0.200. The molecule has 0 saturated carbocycles. The summed E-state index contributed by atoms with van der Waals surface area (Å²) in [5, 5.41) is 14.1. The van der Waals surface area contributed by atoms with Crippen LogP contribution in [0.25, 0.3) is 17.2 Å². The maximum absolute atomic E-state index is 12.8. The van der Waals surface area contributed by atoms with E-state index in [-0.39, 0.29) is 17.9 Å². The van der Waals surface area contributed by atoms with E-state index in [1.165, 1.54) is 43.8 Å². The van der Waals surface area contributed by atoms with E-state index < -0.39 is 16.8 Å². The van der Waals surface area contributed by atoms with Gasteiger partial charge in [0.25, 0.3) is 5.69 Å². The molecule has 0 atom stereocenters. The normalized spacial score (nSPS) is 10.7. The third-order valence-corrected chi connectivity index (χ3v) is 6.02. The predicted octanol–water partition coefficient (Wildman–Crippen LogP) is 5.48. The summed E-state index contributed by atoms with van der Waals surface area (Å²) in [5.41, 5.74) is 2.03. The monoisotopic (exact) mass is 496 g/mol. The van der Waals surface area contributed by atoms with Gasteiger partial charge in [-0.3, -0.25) is 14.9 Å². The number of hydrogen-bond donors (Lipinski definition) is 1. The molecule has 182 valence electrons. The summed E-state index contributed by atoms with van der Waals surface area (Å²) in [6, 6.07) is 11.1. The zero-order chi connectivity index (χ0) is 25.5. The van der Waals surface area contributed by atoms with Crippen LogP contribution in [0.1, 0.15) is 27.7 Å². The molecule has 35 heavy (non-hydrogen) atoms. The minimum atomic E-state index is -0.593. The number of benzene rings is 2. The molecule has 0 saturated heterocycles. The number of nitro benzene ring substituents is 1. The number of rotatable bonds is 9. The summed E-state index contributed by atoms with van der Waals surface area (Å²) >= 11 is 1.22. The molecule has 1 heterocycles. The largest absolute Gasteiger partial charge is 0.493 e. The standard InChI is InChI=1S/C25H24N2O7S/c1-5-34-25(29)23-22(17-8-10-18(11-9-17)27(30)31)15(2)35-24(23)26-21(28)13-7-16-6-12-19(32-3)20(14-16)33-4/h6-14H,5H2,1-4H3,(H,26,28). The highest BCUT2D eigenvalue weighted by Crippen LogP contribution is 2.41. The second-order valence-corrected chi connectivity index (χ2v) is 8.42. The first-order chi connectivity index (χ1) is 16.8. The Balaban J connectivity index is 1.92. The maximum Gasteiger partial charge on any atom is 0.341 e. The lowest BCUT2D eigenvalue weighted by Crippen LogP contribution is -2.12. The van der Waals surface area contributed by atoms with Crippen LogP contribution in [0.3, 0.4) is 0 Å². The molecule has 0 aliphatic heterocycles. The lowest BCUT2D eigenvalue weighted by atomic mass is 10.0. The fourth-order valence-electron chi connectivity index (χ4n) is 3.41. The molecular weight excluding hydrogens is 472 g/mol. The summed E-state index contributed by atoms with van der Waals surface area (Å²) in [7, 11) is 3.06.